The van der Waals surface area contributed by atoms with E-state index in [9.17, 15) is 9.59 Å². The average Bonchev–Trinajstić information content (AvgIpc) is 3.16. The van der Waals surface area contributed by atoms with Gasteiger partial charge >= 0.3 is 11.8 Å². The largest absolute Gasteiger partial charge is 0.347 e. The second kappa shape index (κ2) is 8.47. The van der Waals surface area contributed by atoms with E-state index >= 15 is 0 Å². The van der Waals surface area contributed by atoms with Crippen LogP contribution in [-0.4, -0.2) is 24.4 Å². The summed E-state index contributed by atoms with van der Waals surface area (Å²) in [5.74, 6) is -1.05. The highest BCUT2D eigenvalue weighted by Crippen LogP contribution is 2.23. The zero-order valence-corrected chi connectivity index (χ0v) is 14.3. The summed E-state index contributed by atoms with van der Waals surface area (Å²) in [5.41, 5.74) is 2.23. The Morgan fingerprint density at radius 3 is 1.88 bits per heavy atom. The Bertz CT molecular complexity index is 655. The van der Waals surface area contributed by atoms with Gasteiger partial charge in [-0.2, -0.15) is 0 Å². The van der Waals surface area contributed by atoms with Crippen molar-refractivity contribution >= 4 is 11.8 Å². The van der Waals surface area contributed by atoms with Crippen molar-refractivity contribution in [2.45, 2.75) is 37.6 Å². The number of benzene rings is 2. The Balaban J connectivity index is 1.64. The van der Waals surface area contributed by atoms with Crippen LogP contribution in [0.5, 0.6) is 0 Å². The lowest BCUT2D eigenvalue weighted by molar-refractivity contribution is -0.139. The fraction of sp³-hybridized carbons (Fsp3) is 0.333. The molecule has 1 fully saturated rings. The predicted octanol–water partition coefficient (Wildman–Crippen LogP) is 2.99. The third-order valence-corrected chi connectivity index (χ3v) is 4.77. The lowest BCUT2D eigenvalue weighted by Gasteiger charge is -2.19. The van der Waals surface area contributed by atoms with Gasteiger partial charge in [-0.25, -0.2) is 0 Å². The minimum atomic E-state index is -0.552. The van der Waals surface area contributed by atoms with Crippen LogP contribution in [0.25, 0.3) is 0 Å². The highest BCUT2D eigenvalue weighted by Gasteiger charge is 2.22. The van der Waals surface area contributed by atoms with E-state index in [-0.39, 0.29) is 12.0 Å². The van der Waals surface area contributed by atoms with Gasteiger partial charge in [-0.05, 0) is 24.0 Å². The molecule has 0 spiro atoms. The third kappa shape index (κ3) is 4.69. The number of amides is 2. The quantitative estimate of drug-likeness (QED) is 0.825. The first kappa shape index (κ1) is 17.2. The zero-order chi connectivity index (χ0) is 17.5. The number of carbonyl (C=O) groups excluding carboxylic acids is 2. The first-order chi connectivity index (χ1) is 12.2. The molecule has 1 saturated carbocycles. The van der Waals surface area contributed by atoms with Crippen LogP contribution in [0.4, 0.5) is 0 Å². The van der Waals surface area contributed by atoms with Gasteiger partial charge in [0.15, 0.2) is 0 Å². The molecule has 2 aromatic carbocycles. The first-order valence-corrected chi connectivity index (χ1v) is 8.92. The monoisotopic (exact) mass is 336 g/mol. The second-order valence-corrected chi connectivity index (χ2v) is 6.54. The Kier molecular flexibility index (Phi) is 5.83. The van der Waals surface area contributed by atoms with Crippen LogP contribution >= 0.6 is 0 Å². The molecule has 130 valence electrons. The topological polar surface area (TPSA) is 58.2 Å². The molecule has 4 nitrogen and oxygen atoms in total. The number of hydrogen-bond acceptors (Lipinski definition) is 2. The van der Waals surface area contributed by atoms with E-state index in [4.69, 9.17) is 0 Å². The Hall–Kier alpha value is -2.62. The summed E-state index contributed by atoms with van der Waals surface area (Å²) < 4.78 is 0. The third-order valence-electron chi connectivity index (χ3n) is 4.77. The normalized spacial score (nSPS) is 14.4. The highest BCUT2D eigenvalue weighted by molar-refractivity contribution is 6.35. The molecule has 4 heteroatoms. The van der Waals surface area contributed by atoms with E-state index in [1.54, 1.807) is 0 Å². The number of hydrogen-bond donors (Lipinski definition) is 2. The van der Waals surface area contributed by atoms with Gasteiger partial charge in [-0.3, -0.25) is 9.59 Å². The molecule has 0 aliphatic heterocycles. The van der Waals surface area contributed by atoms with Gasteiger partial charge in [-0.1, -0.05) is 73.5 Å². The molecule has 0 radical (unpaired) electrons. The van der Waals surface area contributed by atoms with Gasteiger partial charge in [0.1, 0.15) is 0 Å². The summed E-state index contributed by atoms with van der Waals surface area (Å²) in [4.78, 5) is 24.2. The molecule has 0 heterocycles. The molecule has 1 aliphatic carbocycles. The molecule has 0 unspecified atom stereocenters. The van der Waals surface area contributed by atoms with Crippen molar-refractivity contribution in [3.63, 3.8) is 0 Å². The fourth-order valence-electron chi connectivity index (χ4n) is 3.39. The molecule has 1 aliphatic rings. The fourth-order valence-corrected chi connectivity index (χ4v) is 3.39. The molecular weight excluding hydrogens is 312 g/mol. The van der Waals surface area contributed by atoms with Crippen molar-refractivity contribution in [3.8, 4) is 0 Å². The lowest BCUT2D eigenvalue weighted by atomic mass is 9.91. The minimum Gasteiger partial charge on any atom is -0.347 e. The molecule has 0 atom stereocenters. The van der Waals surface area contributed by atoms with Crippen molar-refractivity contribution in [1.82, 2.24) is 10.6 Å². The van der Waals surface area contributed by atoms with E-state index < -0.39 is 11.8 Å². The summed E-state index contributed by atoms with van der Waals surface area (Å²) >= 11 is 0. The van der Waals surface area contributed by atoms with Crippen molar-refractivity contribution < 1.29 is 9.59 Å². The van der Waals surface area contributed by atoms with Gasteiger partial charge in [0, 0.05) is 18.5 Å². The van der Waals surface area contributed by atoms with Crippen LogP contribution in [-0.2, 0) is 9.59 Å². The minimum absolute atomic E-state index is 0.0191. The van der Waals surface area contributed by atoms with E-state index in [0.29, 0.717) is 6.54 Å². The number of carbonyl (C=O) groups is 2. The van der Waals surface area contributed by atoms with Gasteiger partial charge < -0.3 is 10.6 Å². The zero-order valence-electron chi connectivity index (χ0n) is 14.3. The van der Waals surface area contributed by atoms with Crippen LogP contribution in [0.1, 0.15) is 42.7 Å². The maximum Gasteiger partial charge on any atom is 0.309 e. The maximum absolute atomic E-state index is 12.2. The van der Waals surface area contributed by atoms with Gasteiger partial charge in [0.05, 0.1) is 0 Å². The van der Waals surface area contributed by atoms with Crippen LogP contribution < -0.4 is 10.6 Å². The second-order valence-electron chi connectivity index (χ2n) is 6.54. The smallest absolute Gasteiger partial charge is 0.309 e. The van der Waals surface area contributed by atoms with Crippen molar-refractivity contribution in [1.29, 1.82) is 0 Å². The van der Waals surface area contributed by atoms with Crippen LogP contribution in [0.15, 0.2) is 60.7 Å². The van der Waals surface area contributed by atoms with Gasteiger partial charge in [-0.15, -0.1) is 0 Å². The van der Waals surface area contributed by atoms with Gasteiger partial charge in [0.25, 0.3) is 0 Å². The molecule has 3 rings (SSSR count). The maximum atomic E-state index is 12.2. The number of rotatable bonds is 5. The first-order valence-electron chi connectivity index (χ1n) is 8.92. The summed E-state index contributed by atoms with van der Waals surface area (Å²) in [6.07, 6.45) is 4.18. The van der Waals surface area contributed by atoms with Crippen molar-refractivity contribution in [3.05, 3.63) is 71.8 Å². The molecule has 2 amide bonds. The molecule has 0 aromatic heterocycles. The Morgan fingerprint density at radius 1 is 0.840 bits per heavy atom. The van der Waals surface area contributed by atoms with E-state index in [1.165, 1.54) is 0 Å². The summed E-state index contributed by atoms with van der Waals surface area (Å²) in [7, 11) is 0. The Morgan fingerprint density at radius 2 is 1.36 bits per heavy atom. The van der Waals surface area contributed by atoms with E-state index in [2.05, 4.69) is 10.6 Å². The summed E-state index contributed by atoms with van der Waals surface area (Å²) in [5, 5.41) is 5.63. The van der Waals surface area contributed by atoms with Gasteiger partial charge in [0.2, 0.25) is 0 Å². The summed E-state index contributed by atoms with van der Waals surface area (Å²) in [6, 6.07) is 20.2. The molecule has 0 bridgehead atoms. The highest BCUT2D eigenvalue weighted by atomic mass is 16.2. The molecule has 25 heavy (non-hydrogen) atoms. The standard InChI is InChI=1S/C21H24N2O2/c24-20(21(25)23-18-13-7-8-14-18)22-15-19(16-9-3-1-4-10-16)17-11-5-2-6-12-17/h1-6,9-12,18-19H,7-8,13-15H2,(H,22,24)(H,23,25). The summed E-state index contributed by atoms with van der Waals surface area (Å²) in [6.45, 7) is 0.394. The predicted molar refractivity (Wildman–Crippen MR) is 98.1 cm³/mol. The van der Waals surface area contributed by atoms with E-state index in [0.717, 1.165) is 36.8 Å². The van der Waals surface area contributed by atoms with Crippen LogP contribution in [0.3, 0.4) is 0 Å². The SMILES string of the molecule is O=C(NCC(c1ccccc1)c1ccccc1)C(=O)NC1CCCC1. The van der Waals surface area contributed by atoms with E-state index in [1.807, 2.05) is 60.7 Å². The van der Waals surface area contributed by atoms with Crippen LogP contribution in [0, 0.1) is 0 Å². The lowest BCUT2D eigenvalue weighted by Crippen LogP contribution is -2.44. The number of nitrogens with one attached hydrogen (secondary N) is 2. The molecule has 2 aromatic rings. The Labute approximate surface area is 148 Å². The molecular formula is C21H24N2O2. The molecule has 0 saturated heterocycles. The molecule has 2 N–H and O–H groups in total. The van der Waals surface area contributed by atoms with Crippen LogP contribution in [0.2, 0.25) is 0 Å². The average molecular weight is 336 g/mol. The van der Waals surface area contributed by atoms with Crippen molar-refractivity contribution in [2.75, 3.05) is 6.54 Å². The van der Waals surface area contributed by atoms with Crippen molar-refractivity contribution in [2.24, 2.45) is 0 Å².